The monoisotopic (exact) mass is 400 g/mol. The van der Waals surface area contributed by atoms with E-state index in [-0.39, 0.29) is 24.8 Å². The summed E-state index contributed by atoms with van der Waals surface area (Å²) in [6.07, 6.45) is -0.536. The molecule has 0 saturated heterocycles. The number of ketones is 1. The molecule has 156 valence electrons. The van der Waals surface area contributed by atoms with Crippen LogP contribution in [0.1, 0.15) is 45.7 Å². The average molecular weight is 400 g/mol. The molecule has 0 fully saturated rings. The van der Waals surface area contributed by atoms with Gasteiger partial charge < -0.3 is 9.47 Å². The summed E-state index contributed by atoms with van der Waals surface area (Å²) < 4.78 is 24.4. The summed E-state index contributed by atoms with van der Waals surface area (Å²) in [5, 5.41) is 0. The van der Waals surface area contributed by atoms with Gasteiger partial charge in [-0.15, -0.1) is 0 Å². The van der Waals surface area contributed by atoms with Gasteiger partial charge in [0.1, 0.15) is 23.8 Å². The van der Waals surface area contributed by atoms with Gasteiger partial charge in [-0.2, -0.15) is 0 Å². The minimum atomic E-state index is -0.652. The van der Waals surface area contributed by atoms with Crippen LogP contribution in [0.25, 0.3) is 0 Å². The molecule has 0 aromatic heterocycles. The SMILES string of the molecule is CC(=O)[C@@H](C)N(Cc1ccc(OCc2cccc([18F])c2)cc1)C(=O)OC(C)(C)C. The fraction of sp³-hybridized carbons (Fsp3) is 0.391. The molecule has 0 aliphatic heterocycles. The average Bonchev–Trinajstić information content (AvgIpc) is 2.63. The first-order valence-corrected chi connectivity index (χ1v) is 9.51. The molecule has 0 aliphatic rings. The lowest BCUT2D eigenvalue weighted by molar-refractivity contribution is -0.121. The second-order valence-electron chi connectivity index (χ2n) is 7.96. The van der Waals surface area contributed by atoms with Crippen molar-refractivity contribution in [1.29, 1.82) is 0 Å². The molecule has 5 nitrogen and oxygen atoms in total. The van der Waals surface area contributed by atoms with Crippen molar-refractivity contribution in [3.8, 4) is 5.75 Å². The van der Waals surface area contributed by atoms with Gasteiger partial charge in [-0.1, -0.05) is 24.3 Å². The van der Waals surface area contributed by atoms with Gasteiger partial charge in [0.15, 0.2) is 5.78 Å². The summed E-state index contributed by atoms with van der Waals surface area (Å²) in [6.45, 7) is 8.97. The molecule has 29 heavy (non-hydrogen) atoms. The number of halogens is 1. The molecule has 2 aromatic carbocycles. The quantitative estimate of drug-likeness (QED) is 0.647. The number of benzene rings is 2. The third-order valence-electron chi connectivity index (χ3n) is 4.25. The van der Waals surface area contributed by atoms with E-state index < -0.39 is 17.7 Å². The van der Waals surface area contributed by atoms with Crippen LogP contribution in [0.3, 0.4) is 0 Å². The number of Topliss-reactive ketones (excluding diaryl/α,β-unsaturated/α-hetero) is 1. The normalized spacial score (nSPS) is 12.2. The molecule has 0 unspecified atom stereocenters. The molecule has 0 heterocycles. The van der Waals surface area contributed by atoms with Crippen LogP contribution in [0.5, 0.6) is 5.75 Å². The van der Waals surface area contributed by atoms with Crippen LogP contribution in [-0.4, -0.2) is 28.4 Å². The van der Waals surface area contributed by atoms with E-state index in [1.54, 1.807) is 52.0 Å². The Hall–Kier alpha value is -2.89. The van der Waals surface area contributed by atoms with Crippen LogP contribution in [0.2, 0.25) is 0 Å². The van der Waals surface area contributed by atoms with Crippen molar-refractivity contribution in [3.63, 3.8) is 0 Å². The van der Waals surface area contributed by atoms with Crippen LogP contribution in [0.15, 0.2) is 48.5 Å². The number of carbonyl (C=O) groups excluding carboxylic acids is 2. The summed E-state index contributed by atoms with van der Waals surface area (Å²) in [5.41, 5.74) is 0.919. The van der Waals surface area contributed by atoms with E-state index in [1.165, 1.54) is 24.0 Å². The Morgan fingerprint density at radius 3 is 2.28 bits per heavy atom. The summed E-state index contributed by atoms with van der Waals surface area (Å²) in [4.78, 5) is 25.8. The molecule has 2 aromatic rings. The van der Waals surface area contributed by atoms with Crippen LogP contribution in [0, 0.1) is 5.82 Å². The first-order valence-electron chi connectivity index (χ1n) is 9.51. The van der Waals surface area contributed by atoms with Crippen LogP contribution in [-0.2, 0) is 22.7 Å². The van der Waals surface area contributed by atoms with Crippen molar-refractivity contribution in [2.75, 3.05) is 0 Å². The Morgan fingerprint density at radius 1 is 1.07 bits per heavy atom. The van der Waals surface area contributed by atoms with Crippen molar-refractivity contribution < 1.29 is 23.5 Å². The molecular formula is C23H28FNO4. The van der Waals surface area contributed by atoms with E-state index in [9.17, 15) is 14.0 Å². The molecule has 0 N–H and O–H groups in total. The summed E-state index contributed by atoms with van der Waals surface area (Å²) >= 11 is 0. The molecule has 0 spiro atoms. The fourth-order valence-corrected chi connectivity index (χ4v) is 2.58. The van der Waals surface area contributed by atoms with Crippen molar-refractivity contribution in [2.45, 2.75) is 59.4 Å². The predicted octanol–water partition coefficient (Wildman–Crippen LogP) is 5.12. The van der Waals surface area contributed by atoms with Gasteiger partial charge in [0.25, 0.3) is 0 Å². The lowest BCUT2D eigenvalue weighted by atomic mass is 10.1. The van der Waals surface area contributed by atoms with Crippen molar-refractivity contribution in [3.05, 3.63) is 65.5 Å². The Labute approximate surface area is 171 Å². The highest BCUT2D eigenvalue weighted by molar-refractivity contribution is 5.85. The van der Waals surface area contributed by atoms with E-state index in [4.69, 9.17) is 9.47 Å². The lowest BCUT2D eigenvalue weighted by Crippen LogP contribution is -2.44. The topological polar surface area (TPSA) is 55.8 Å². The van der Waals surface area contributed by atoms with E-state index in [1.807, 2.05) is 12.1 Å². The Balaban J connectivity index is 2.05. The molecule has 0 radical (unpaired) electrons. The van der Waals surface area contributed by atoms with E-state index >= 15 is 0 Å². The zero-order valence-corrected chi connectivity index (χ0v) is 17.6. The number of nitrogens with zero attached hydrogens (tertiary/aromatic N) is 1. The van der Waals surface area contributed by atoms with Crippen molar-refractivity contribution >= 4 is 11.9 Å². The number of rotatable bonds is 7. The summed E-state index contributed by atoms with van der Waals surface area (Å²) in [6, 6.07) is 12.8. The van der Waals surface area contributed by atoms with Gasteiger partial charge in [0.05, 0.1) is 6.04 Å². The fourth-order valence-electron chi connectivity index (χ4n) is 2.58. The third kappa shape index (κ3) is 7.22. The van der Waals surface area contributed by atoms with Crippen molar-refractivity contribution in [1.82, 2.24) is 4.90 Å². The maximum atomic E-state index is 13.2. The molecular weight excluding hydrogens is 372 g/mol. The molecule has 0 saturated carbocycles. The second kappa shape index (κ2) is 9.54. The van der Waals surface area contributed by atoms with Crippen LogP contribution >= 0.6 is 0 Å². The standard InChI is InChI=1S/C23H28FNO4/c1-16(17(2)26)25(22(27)29-23(3,4)5)14-18-9-11-21(12-10-18)28-15-19-7-6-8-20(24)13-19/h6-13,16H,14-15H2,1-5H3/t16-/m1/s1/i24-1. The minimum absolute atomic E-state index is 0.120. The predicted molar refractivity (Wildman–Crippen MR) is 109 cm³/mol. The maximum absolute atomic E-state index is 13.2. The van der Waals surface area contributed by atoms with E-state index in [0.29, 0.717) is 5.75 Å². The Bertz CT molecular complexity index is 843. The van der Waals surface area contributed by atoms with Gasteiger partial charge >= 0.3 is 6.09 Å². The van der Waals surface area contributed by atoms with Gasteiger partial charge in [0.2, 0.25) is 0 Å². The molecule has 6 heteroatoms. The third-order valence-corrected chi connectivity index (χ3v) is 4.25. The minimum Gasteiger partial charge on any atom is -0.489 e. The largest absolute Gasteiger partial charge is 0.489 e. The maximum Gasteiger partial charge on any atom is 0.411 e. The number of hydrogen-bond donors (Lipinski definition) is 0. The van der Waals surface area contributed by atoms with Gasteiger partial charge in [0, 0.05) is 6.54 Å². The molecule has 1 atom stereocenters. The van der Waals surface area contributed by atoms with Gasteiger partial charge in [-0.05, 0) is 70.0 Å². The molecule has 1 amide bonds. The number of hydrogen-bond acceptors (Lipinski definition) is 4. The van der Waals surface area contributed by atoms with Crippen LogP contribution < -0.4 is 4.74 Å². The van der Waals surface area contributed by atoms with Gasteiger partial charge in [-0.3, -0.25) is 9.69 Å². The van der Waals surface area contributed by atoms with Crippen LogP contribution in [0.4, 0.5) is 9.18 Å². The smallest absolute Gasteiger partial charge is 0.411 e. The highest BCUT2D eigenvalue weighted by Crippen LogP contribution is 2.19. The van der Waals surface area contributed by atoms with Crippen molar-refractivity contribution in [2.24, 2.45) is 0 Å². The Morgan fingerprint density at radius 2 is 1.72 bits per heavy atom. The van der Waals surface area contributed by atoms with E-state index in [2.05, 4.69) is 0 Å². The Kier molecular flexibility index (Phi) is 7.37. The van der Waals surface area contributed by atoms with E-state index in [0.717, 1.165) is 11.1 Å². The number of amides is 1. The first-order chi connectivity index (χ1) is 13.5. The molecule has 0 aliphatic carbocycles. The highest BCUT2D eigenvalue weighted by atomic mass is 18.2. The summed E-state index contributed by atoms with van der Waals surface area (Å²) in [5.74, 6) is 0.204. The second-order valence-corrected chi connectivity index (χ2v) is 7.96. The number of ether oxygens (including phenoxy) is 2. The number of carbonyl (C=O) groups is 2. The zero-order valence-electron chi connectivity index (χ0n) is 17.6. The summed E-state index contributed by atoms with van der Waals surface area (Å²) in [7, 11) is 0. The molecule has 2 rings (SSSR count). The zero-order chi connectivity index (χ0) is 21.6. The van der Waals surface area contributed by atoms with Gasteiger partial charge in [-0.25, -0.2) is 9.18 Å². The lowest BCUT2D eigenvalue weighted by Gasteiger charge is -2.30. The first kappa shape index (κ1) is 22.4. The molecule has 0 bridgehead atoms. The highest BCUT2D eigenvalue weighted by Gasteiger charge is 2.28.